The maximum Gasteiger partial charge on any atom is 0.128 e. The highest BCUT2D eigenvalue weighted by Crippen LogP contribution is 2.32. The monoisotopic (exact) mass is 271 g/mol. The van der Waals surface area contributed by atoms with Gasteiger partial charge in [0.2, 0.25) is 0 Å². The Balaban J connectivity index is 2.38. The molecule has 0 fully saturated rings. The lowest BCUT2D eigenvalue weighted by Gasteiger charge is -2.08. The topological polar surface area (TPSA) is 39.2 Å². The van der Waals surface area contributed by atoms with E-state index in [2.05, 4.69) is 15.9 Å². The van der Waals surface area contributed by atoms with Crippen LogP contribution in [0.2, 0.25) is 0 Å². The molecule has 0 saturated carbocycles. The van der Waals surface area contributed by atoms with Crippen LogP contribution in [0.3, 0.4) is 0 Å². The van der Waals surface area contributed by atoms with Crippen molar-refractivity contribution in [2.45, 2.75) is 13.0 Å². The molecule has 0 spiro atoms. The highest BCUT2D eigenvalue weighted by molar-refractivity contribution is 9.10. The van der Waals surface area contributed by atoms with Crippen molar-refractivity contribution in [2.24, 2.45) is 5.73 Å². The lowest BCUT2D eigenvalue weighted by Crippen LogP contribution is -2.10. The van der Waals surface area contributed by atoms with Crippen LogP contribution >= 0.6 is 27.3 Å². The fourth-order valence-corrected chi connectivity index (χ4v) is 2.97. The fraction of sp³-hybridized carbons (Fsp3) is 0.200. The zero-order valence-electron chi connectivity index (χ0n) is 7.66. The number of rotatable bonds is 2. The molecule has 0 bridgehead atoms. The van der Waals surface area contributed by atoms with Gasteiger partial charge in [0.05, 0.1) is 12.3 Å². The molecule has 2 aromatic rings. The van der Waals surface area contributed by atoms with Gasteiger partial charge in [0, 0.05) is 9.35 Å². The van der Waals surface area contributed by atoms with Gasteiger partial charge in [0.15, 0.2) is 0 Å². The summed E-state index contributed by atoms with van der Waals surface area (Å²) in [6.45, 7) is 2.00. The minimum Gasteiger partial charge on any atom is -0.467 e. The van der Waals surface area contributed by atoms with Gasteiger partial charge in [-0.05, 0) is 45.9 Å². The average Bonchev–Trinajstić information content (AvgIpc) is 2.73. The van der Waals surface area contributed by atoms with Gasteiger partial charge >= 0.3 is 0 Å². The highest BCUT2D eigenvalue weighted by Gasteiger charge is 2.18. The number of aryl methyl sites for hydroxylation is 1. The normalized spacial score (nSPS) is 13.1. The van der Waals surface area contributed by atoms with E-state index in [1.54, 1.807) is 17.6 Å². The summed E-state index contributed by atoms with van der Waals surface area (Å²) >= 11 is 5.10. The third-order valence-corrected chi connectivity index (χ3v) is 4.07. The van der Waals surface area contributed by atoms with E-state index < -0.39 is 0 Å². The highest BCUT2D eigenvalue weighted by atomic mass is 79.9. The SMILES string of the molecule is Cc1ccoc1C(N)c1sccc1Br. The number of furan rings is 1. The molecule has 2 aromatic heterocycles. The number of halogens is 1. The quantitative estimate of drug-likeness (QED) is 0.909. The molecule has 2 nitrogen and oxygen atoms in total. The van der Waals surface area contributed by atoms with Crippen LogP contribution in [0.25, 0.3) is 0 Å². The van der Waals surface area contributed by atoms with E-state index in [0.717, 1.165) is 20.7 Å². The summed E-state index contributed by atoms with van der Waals surface area (Å²) in [5, 5.41) is 2.01. The predicted octanol–water partition coefficient (Wildman–Crippen LogP) is 3.46. The number of hydrogen-bond acceptors (Lipinski definition) is 3. The summed E-state index contributed by atoms with van der Waals surface area (Å²) in [5.74, 6) is 0.841. The minimum absolute atomic E-state index is 0.167. The zero-order chi connectivity index (χ0) is 10.1. The molecule has 14 heavy (non-hydrogen) atoms. The van der Waals surface area contributed by atoms with E-state index >= 15 is 0 Å². The number of hydrogen-bond donors (Lipinski definition) is 1. The smallest absolute Gasteiger partial charge is 0.128 e. The van der Waals surface area contributed by atoms with Crippen molar-refractivity contribution in [2.75, 3.05) is 0 Å². The van der Waals surface area contributed by atoms with Crippen LogP contribution in [0.1, 0.15) is 22.2 Å². The molecule has 2 heterocycles. The Kier molecular flexibility index (Phi) is 2.76. The third-order valence-electron chi connectivity index (χ3n) is 2.11. The van der Waals surface area contributed by atoms with E-state index in [4.69, 9.17) is 10.2 Å². The summed E-state index contributed by atoms with van der Waals surface area (Å²) in [6, 6.07) is 3.76. The molecule has 2 rings (SSSR count). The lowest BCUT2D eigenvalue weighted by molar-refractivity contribution is 0.488. The van der Waals surface area contributed by atoms with Crippen LogP contribution in [-0.2, 0) is 0 Å². The lowest BCUT2D eigenvalue weighted by atomic mass is 10.1. The predicted molar refractivity (Wildman–Crippen MR) is 61.5 cm³/mol. The summed E-state index contributed by atoms with van der Waals surface area (Å²) in [6.07, 6.45) is 1.67. The average molecular weight is 272 g/mol. The van der Waals surface area contributed by atoms with Gasteiger partial charge < -0.3 is 10.2 Å². The first-order chi connectivity index (χ1) is 6.70. The molecule has 1 unspecified atom stereocenters. The van der Waals surface area contributed by atoms with Crippen LogP contribution in [0, 0.1) is 6.92 Å². The molecular weight excluding hydrogens is 262 g/mol. The first-order valence-electron chi connectivity index (χ1n) is 4.22. The van der Waals surface area contributed by atoms with Crippen molar-refractivity contribution in [3.63, 3.8) is 0 Å². The molecule has 74 valence electrons. The van der Waals surface area contributed by atoms with Gasteiger partial charge in [0.25, 0.3) is 0 Å². The molecule has 0 radical (unpaired) electrons. The van der Waals surface area contributed by atoms with E-state index in [-0.39, 0.29) is 6.04 Å². The molecule has 0 aromatic carbocycles. The zero-order valence-corrected chi connectivity index (χ0v) is 10.1. The van der Waals surface area contributed by atoms with E-state index in [1.165, 1.54) is 0 Å². The molecule has 0 amide bonds. The Hall–Kier alpha value is -0.580. The molecule has 2 N–H and O–H groups in total. The Bertz CT molecular complexity index is 395. The van der Waals surface area contributed by atoms with Gasteiger partial charge in [-0.15, -0.1) is 11.3 Å². The second-order valence-electron chi connectivity index (χ2n) is 3.08. The third kappa shape index (κ3) is 1.65. The van der Waals surface area contributed by atoms with Gasteiger partial charge in [-0.25, -0.2) is 0 Å². The summed E-state index contributed by atoms with van der Waals surface area (Å²) in [5.41, 5.74) is 7.19. The van der Waals surface area contributed by atoms with Crippen LogP contribution < -0.4 is 5.73 Å². The van der Waals surface area contributed by atoms with Crippen molar-refractivity contribution >= 4 is 27.3 Å². The molecular formula is C10H10BrNOS. The van der Waals surface area contributed by atoms with Gasteiger partial charge in [-0.3, -0.25) is 0 Å². The van der Waals surface area contributed by atoms with Crippen molar-refractivity contribution in [3.8, 4) is 0 Å². The second-order valence-corrected chi connectivity index (χ2v) is 4.88. The number of thiophene rings is 1. The summed E-state index contributed by atoms with van der Waals surface area (Å²) in [7, 11) is 0. The van der Waals surface area contributed by atoms with Crippen LogP contribution in [0.15, 0.2) is 32.7 Å². The second kappa shape index (κ2) is 3.88. The Labute approximate surface area is 94.9 Å². The summed E-state index contributed by atoms with van der Waals surface area (Å²) < 4.78 is 6.41. The summed E-state index contributed by atoms with van der Waals surface area (Å²) in [4.78, 5) is 1.10. The molecule has 1 atom stereocenters. The maximum atomic E-state index is 6.09. The van der Waals surface area contributed by atoms with Gasteiger partial charge in [-0.2, -0.15) is 0 Å². The first kappa shape index (κ1) is 9.96. The maximum absolute atomic E-state index is 6.09. The standard InChI is InChI=1S/C10H10BrNOS/c1-6-2-4-13-9(6)8(12)10-7(11)3-5-14-10/h2-5,8H,12H2,1H3. The molecule has 0 aliphatic carbocycles. The van der Waals surface area contributed by atoms with Gasteiger partial charge in [-0.1, -0.05) is 0 Å². The molecule has 4 heteroatoms. The molecule has 0 aliphatic rings. The first-order valence-corrected chi connectivity index (χ1v) is 5.90. The van der Waals surface area contributed by atoms with E-state index in [0.29, 0.717) is 0 Å². The van der Waals surface area contributed by atoms with Crippen LogP contribution in [0.5, 0.6) is 0 Å². The Morgan fingerprint density at radius 3 is 2.79 bits per heavy atom. The Morgan fingerprint density at radius 2 is 2.29 bits per heavy atom. The van der Waals surface area contributed by atoms with E-state index in [9.17, 15) is 0 Å². The molecule has 0 aliphatic heterocycles. The van der Waals surface area contributed by atoms with Gasteiger partial charge in [0.1, 0.15) is 5.76 Å². The van der Waals surface area contributed by atoms with Crippen molar-refractivity contribution < 1.29 is 4.42 Å². The largest absolute Gasteiger partial charge is 0.467 e. The van der Waals surface area contributed by atoms with Crippen LogP contribution in [0.4, 0.5) is 0 Å². The van der Waals surface area contributed by atoms with E-state index in [1.807, 2.05) is 24.4 Å². The molecule has 0 saturated heterocycles. The Morgan fingerprint density at radius 1 is 1.50 bits per heavy atom. The minimum atomic E-state index is -0.167. The van der Waals surface area contributed by atoms with Crippen molar-refractivity contribution in [1.82, 2.24) is 0 Å². The number of nitrogens with two attached hydrogens (primary N) is 1. The van der Waals surface area contributed by atoms with Crippen LogP contribution in [-0.4, -0.2) is 0 Å². The van der Waals surface area contributed by atoms with Crippen molar-refractivity contribution in [3.05, 3.63) is 44.4 Å². The van der Waals surface area contributed by atoms with Crippen molar-refractivity contribution in [1.29, 1.82) is 0 Å². The fourth-order valence-electron chi connectivity index (χ4n) is 1.35.